The van der Waals surface area contributed by atoms with Crippen LogP contribution in [0.4, 0.5) is 5.82 Å². The molecule has 5 rings (SSSR count). The Morgan fingerprint density at radius 2 is 1.72 bits per heavy atom. The number of aryl methyl sites for hydroxylation is 1. The number of aromatic nitrogens is 4. The molecule has 0 bridgehead atoms. The summed E-state index contributed by atoms with van der Waals surface area (Å²) in [6, 6.07) is 16.1. The predicted octanol–water partition coefficient (Wildman–Crippen LogP) is 3.45. The van der Waals surface area contributed by atoms with Gasteiger partial charge in [0.15, 0.2) is 0 Å². The SMILES string of the molecule is Cc1ccc(-c2noc(C(C)N3CCN(Cc4nc(N)c5ccccc5n4)CC3)n2)cc1. The minimum absolute atomic E-state index is 0.0661. The Morgan fingerprint density at radius 1 is 0.969 bits per heavy atom. The Bertz CT molecular complexity index is 1210. The fraction of sp³-hybridized carbons (Fsp3) is 0.333. The highest BCUT2D eigenvalue weighted by atomic mass is 16.5. The highest BCUT2D eigenvalue weighted by molar-refractivity contribution is 5.87. The summed E-state index contributed by atoms with van der Waals surface area (Å²) in [7, 11) is 0. The first-order valence-corrected chi connectivity index (χ1v) is 10.9. The maximum atomic E-state index is 6.14. The van der Waals surface area contributed by atoms with Gasteiger partial charge in [-0.15, -0.1) is 0 Å². The van der Waals surface area contributed by atoms with E-state index in [0.29, 0.717) is 24.1 Å². The molecule has 164 valence electrons. The molecule has 32 heavy (non-hydrogen) atoms. The molecular formula is C24H27N7O. The molecular weight excluding hydrogens is 402 g/mol. The maximum absolute atomic E-state index is 6.14. The molecule has 0 spiro atoms. The topological polar surface area (TPSA) is 97.2 Å². The molecule has 0 saturated carbocycles. The first-order chi connectivity index (χ1) is 15.6. The summed E-state index contributed by atoms with van der Waals surface area (Å²) < 4.78 is 5.59. The Labute approximate surface area is 187 Å². The minimum atomic E-state index is 0.0661. The molecule has 1 saturated heterocycles. The number of nitrogens with zero attached hydrogens (tertiary/aromatic N) is 6. The van der Waals surface area contributed by atoms with E-state index in [1.165, 1.54) is 5.56 Å². The van der Waals surface area contributed by atoms with Crippen molar-refractivity contribution in [3.05, 3.63) is 65.8 Å². The second-order valence-corrected chi connectivity index (χ2v) is 8.35. The minimum Gasteiger partial charge on any atom is -0.383 e. The van der Waals surface area contributed by atoms with Crippen molar-refractivity contribution in [2.24, 2.45) is 0 Å². The zero-order chi connectivity index (χ0) is 22.1. The van der Waals surface area contributed by atoms with Crippen LogP contribution in [0.3, 0.4) is 0 Å². The van der Waals surface area contributed by atoms with E-state index >= 15 is 0 Å². The second kappa shape index (κ2) is 8.64. The van der Waals surface area contributed by atoms with Crippen molar-refractivity contribution >= 4 is 16.7 Å². The quantitative estimate of drug-likeness (QED) is 0.515. The zero-order valence-corrected chi connectivity index (χ0v) is 18.4. The fourth-order valence-electron chi connectivity index (χ4n) is 4.11. The van der Waals surface area contributed by atoms with Crippen LogP contribution in [0.2, 0.25) is 0 Å². The van der Waals surface area contributed by atoms with Gasteiger partial charge >= 0.3 is 0 Å². The summed E-state index contributed by atoms with van der Waals surface area (Å²) in [6.45, 7) is 8.52. The first kappa shape index (κ1) is 20.5. The van der Waals surface area contributed by atoms with E-state index in [4.69, 9.17) is 10.3 Å². The van der Waals surface area contributed by atoms with Crippen molar-refractivity contribution < 1.29 is 4.52 Å². The van der Waals surface area contributed by atoms with Gasteiger partial charge in [0.2, 0.25) is 11.7 Å². The van der Waals surface area contributed by atoms with Gasteiger partial charge in [0.05, 0.1) is 18.1 Å². The molecule has 1 aliphatic heterocycles. The monoisotopic (exact) mass is 429 g/mol. The average molecular weight is 430 g/mol. The van der Waals surface area contributed by atoms with E-state index < -0.39 is 0 Å². The lowest BCUT2D eigenvalue weighted by Crippen LogP contribution is -2.46. The molecule has 2 aromatic carbocycles. The molecule has 8 heteroatoms. The van der Waals surface area contributed by atoms with Crippen LogP contribution in [0.1, 0.15) is 30.2 Å². The number of para-hydroxylation sites is 1. The smallest absolute Gasteiger partial charge is 0.244 e. The molecule has 2 aromatic heterocycles. The highest BCUT2D eigenvalue weighted by Gasteiger charge is 2.26. The van der Waals surface area contributed by atoms with Crippen molar-refractivity contribution in [3.63, 3.8) is 0 Å². The zero-order valence-electron chi connectivity index (χ0n) is 18.4. The fourth-order valence-corrected chi connectivity index (χ4v) is 4.11. The van der Waals surface area contributed by atoms with E-state index in [1.54, 1.807) is 0 Å². The average Bonchev–Trinajstić information content (AvgIpc) is 3.30. The van der Waals surface area contributed by atoms with E-state index in [9.17, 15) is 0 Å². The molecule has 1 atom stereocenters. The molecule has 0 radical (unpaired) electrons. The summed E-state index contributed by atoms with van der Waals surface area (Å²) >= 11 is 0. The van der Waals surface area contributed by atoms with Crippen LogP contribution >= 0.6 is 0 Å². The molecule has 2 N–H and O–H groups in total. The number of hydrogen-bond donors (Lipinski definition) is 1. The summed E-state index contributed by atoms with van der Waals surface area (Å²) in [5, 5.41) is 5.09. The Hall–Kier alpha value is -3.36. The van der Waals surface area contributed by atoms with Crippen molar-refractivity contribution in [3.8, 4) is 11.4 Å². The van der Waals surface area contributed by atoms with Crippen molar-refractivity contribution in [2.45, 2.75) is 26.4 Å². The Kier molecular flexibility index (Phi) is 5.55. The molecule has 3 heterocycles. The van der Waals surface area contributed by atoms with Gasteiger partial charge in [-0.05, 0) is 26.0 Å². The molecule has 0 aliphatic carbocycles. The van der Waals surface area contributed by atoms with Crippen LogP contribution in [0.15, 0.2) is 53.1 Å². The third-order valence-electron chi connectivity index (χ3n) is 6.11. The van der Waals surface area contributed by atoms with Crippen LogP contribution in [0.25, 0.3) is 22.3 Å². The van der Waals surface area contributed by atoms with Crippen LogP contribution in [0.5, 0.6) is 0 Å². The lowest BCUT2D eigenvalue weighted by molar-refractivity contribution is 0.0832. The van der Waals surface area contributed by atoms with Gasteiger partial charge < -0.3 is 10.3 Å². The predicted molar refractivity (Wildman–Crippen MR) is 124 cm³/mol. The van der Waals surface area contributed by atoms with Gasteiger partial charge in [-0.3, -0.25) is 9.80 Å². The van der Waals surface area contributed by atoms with Gasteiger partial charge in [-0.2, -0.15) is 4.98 Å². The summed E-state index contributed by atoms with van der Waals surface area (Å²) in [4.78, 5) is 18.6. The standard InChI is InChI=1S/C24H27N7O/c1-16-7-9-18(10-8-16)23-28-24(32-29-23)17(2)31-13-11-30(12-14-31)15-21-26-20-6-4-3-5-19(20)22(25)27-21/h3-10,17H,11-15H2,1-2H3,(H2,25,26,27). The third kappa shape index (κ3) is 4.19. The molecule has 1 aliphatic rings. The Morgan fingerprint density at radius 3 is 2.50 bits per heavy atom. The summed E-state index contributed by atoms with van der Waals surface area (Å²) in [6.07, 6.45) is 0. The van der Waals surface area contributed by atoms with E-state index in [2.05, 4.69) is 55.9 Å². The first-order valence-electron chi connectivity index (χ1n) is 10.9. The number of hydrogen-bond acceptors (Lipinski definition) is 8. The number of fused-ring (bicyclic) bond motifs is 1. The highest BCUT2D eigenvalue weighted by Crippen LogP contribution is 2.24. The van der Waals surface area contributed by atoms with Gasteiger partial charge in [0.25, 0.3) is 0 Å². The molecule has 8 nitrogen and oxygen atoms in total. The Balaban J connectivity index is 1.21. The molecule has 1 unspecified atom stereocenters. The lowest BCUT2D eigenvalue weighted by Gasteiger charge is -2.36. The maximum Gasteiger partial charge on any atom is 0.244 e. The van der Waals surface area contributed by atoms with Gasteiger partial charge in [-0.25, -0.2) is 9.97 Å². The van der Waals surface area contributed by atoms with Crippen LogP contribution in [0, 0.1) is 6.92 Å². The van der Waals surface area contributed by atoms with E-state index in [-0.39, 0.29) is 6.04 Å². The van der Waals surface area contributed by atoms with Gasteiger partial charge in [-0.1, -0.05) is 47.1 Å². The second-order valence-electron chi connectivity index (χ2n) is 8.35. The van der Waals surface area contributed by atoms with Gasteiger partial charge in [0, 0.05) is 37.1 Å². The number of piperazine rings is 1. The number of benzene rings is 2. The molecule has 0 amide bonds. The van der Waals surface area contributed by atoms with Crippen LogP contribution in [-0.2, 0) is 6.54 Å². The molecule has 1 fully saturated rings. The van der Waals surface area contributed by atoms with E-state index in [0.717, 1.165) is 48.5 Å². The number of nitrogens with two attached hydrogens (primary N) is 1. The van der Waals surface area contributed by atoms with Crippen LogP contribution < -0.4 is 5.73 Å². The van der Waals surface area contributed by atoms with E-state index in [1.807, 2.05) is 36.4 Å². The number of rotatable bonds is 5. The number of nitrogen functional groups attached to an aromatic ring is 1. The van der Waals surface area contributed by atoms with Crippen LogP contribution in [-0.4, -0.2) is 56.1 Å². The van der Waals surface area contributed by atoms with Crippen molar-refractivity contribution in [2.75, 3.05) is 31.9 Å². The largest absolute Gasteiger partial charge is 0.383 e. The summed E-state index contributed by atoms with van der Waals surface area (Å²) in [5.74, 6) is 2.59. The third-order valence-corrected chi connectivity index (χ3v) is 6.11. The van der Waals surface area contributed by atoms with Crippen molar-refractivity contribution in [1.29, 1.82) is 0 Å². The molecule has 4 aromatic rings. The number of anilines is 1. The van der Waals surface area contributed by atoms with Crippen molar-refractivity contribution in [1.82, 2.24) is 29.9 Å². The normalized spacial score (nSPS) is 16.4. The summed E-state index contributed by atoms with van der Waals surface area (Å²) in [5.41, 5.74) is 9.21. The lowest BCUT2D eigenvalue weighted by atomic mass is 10.1. The van der Waals surface area contributed by atoms with Gasteiger partial charge in [0.1, 0.15) is 11.6 Å².